The minimum atomic E-state index is -0.333. The lowest BCUT2D eigenvalue weighted by Crippen LogP contribution is -2.23. The van der Waals surface area contributed by atoms with Gasteiger partial charge in [0.2, 0.25) is 11.8 Å². The van der Waals surface area contributed by atoms with Crippen LogP contribution in [0.4, 0.5) is 11.4 Å². The van der Waals surface area contributed by atoms with Crippen LogP contribution >= 0.6 is 11.3 Å². The molecule has 0 aliphatic rings. The van der Waals surface area contributed by atoms with Gasteiger partial charge in [0.25, 0.3) is 5.91 Å². The molecule has 1 aromatic carbocycles. The van der Waals surface area contributed by atoms with Crippen LogP contribution in [0.2, 0.25) is 0 Å². The lowest BCUT2D eigenvalue weighted by molar-refractivity contribution is -0.115. The van der Waals surface area contributed by atoms with E-state index in [4.69, 9.17) is 0 Å². The molecule has 3 amide bonds. The predicted octanol–water partition coefficient (Wildman–Crippen LogP) is 2.24. The molecule has 3 N–H and O–H groups in total. The number of hydrogen-bond acceptors (Lipinski definition) is 5. The molecular formula is C17H17N5O3S. The first-order valence-corrected chi connectivity index (χ1v) is 8.68. The summed E-state index contributed by atoms with van der Waals surface area (Å²) in [6.07, 6.45) is 3.75. The molecule has 8 nitrogen and oxygen atoms in total. The number of benzene rings is 1. The van der Waals surface area contributed by atoms with E-state index in [1.165, 1.54) is 25.2 Å². The number of imidazole rings is 1. The van der Waals surface area contributed by atoms with Crippen LogP contribution in [0.5, 0.6) is 0 Å². The van der Waals surface area contributed by atoms with Gasteiger partial charge in [0.15, 0.2) is 4.96 Å². The second kappa shape index (κ2) is 7.36. The Morgan fingerprint density at radius 2 is 1.73 bits per heavy atom. The summed E-state index contributed by atoms with van der Waals surface area (Å²) >= 11 is 1.51. The normalized spacial score (nSPS) is 10.5. The summed E-state index contributed by atoms with van der Waals surface area (Å²) in [7, 11) is 0. The van der Waals surface area contributed by atoms with Gasteiger partial charge in [-0.25, -0.2) is 4.98 Å². The minimum Gasteiger partial charge on any atom is -0.346 e. The molecular weight excluding hydrogens is 354 g/mol. The third kappa shape index (κ3) is 4.25. The second-order valence-electron chi connectivity index (χ2n) is 5.67. The molecule has 0 saturated heterocycles. The molecule has 3 aromatic rings. The quantitative estimate of drug-likeness (QED) is 0.640. The largest absolute Gasteiger partial charge is 0.346 e. The highest BCUT2D eigenvalue weighted by Gasteiger charge is 2.11. The van der Waals surface area contributed by atoms with Crippen molar-refractivity contribution in [1.82, 2.24) is 14.7 Å². The van der Waals surface area contributed by atoms with Gasteiger partial charge in [-0.1, -0.05) is 0 Å². The van der Waals surface area contributed by atoms with Gasteiger partial charge in [-0.05, 0) is 18.2 Å². The van der Waals surface area contributed by atoms with Gasteiger partial charge in [-0.2, -0.15) is 0 Å². The van der Waals surface area contributed by atoms with Gasteiger partial charge in [-0.15, -0.1) is 11.3 Å². The van der Waals surface area contributed by atoms with Crippen molar-refractivity contribution in [2.75, 3.05) is 10.6 Å². The number of nitrogens with zero attached hydrogens (tertiary/aromatic N) is 2. The van der Waals surface area contributed by atoms with E-state index in [9.17, 15) is 14.4 Å². The van der Waals surface area contributed by atoms with Crippen molar-refractivity contribution in [3.63, 3.8) is 0 Å². The van der Waals surface area contributed by atoms with Crippen molar-refractivity contribution in [1.29, 1.82) is 0 Å². The van der Waals surface area contributed by atoms with Crippen molar-refractivity contribution in [2.45, 2.75) is 20.4 Å². The molecule has 0 atom stereocenters. The summed E-state index contributed by atoms with van der Waals surface area (Å²) in [5.74, 6) is -0.871. The molecule has 0 aliphatic carbocycles. The highest BCUT2D eigenvalue weighted by molar-refractivity contribution is 7.15. The maximum atomic E-state index is 12.5. The van der Waals surface area contributed by atoms with Crippen molar-refractivity contribution in [3.05, 3.63) is 47.2 Å². The van der Waals surface area contributed by atoms with Gasteiger partial charge >= 0.3 is 0 Å². The highest BCUT2D eigenvalue weighted by Crippen LogP contribution is 2.20. The van der Waals surface area contributed by atoms with Crippen molar-refractivity contribution >= 4 is 45.4 Å². The van der Waals surface area contributed by atoms with Crippen molar-refractivity contribution in [2.24, 2.45) is 0 Å². The van der Waals surface area contributed by atoms with E-state index in [0.29, 0.717) is 16.9 Å². The van der Waals surface area contributed by atoms with Gasteiger partial charge in [0.05, 0.1) is 12.2 Å². The molecule has 0 spiro atoms. The summed E-state index contributed by atoms with van der Waals surface area (Å²) in [6, 6.07) is 4.69. The van der Waals surface area contributed by atoms with E-state index in [1.54, 1.807) is 18.2 Å². The molecule has 0 aliphatic heterocycles. The molecule has 2 aromatic heterocycles. The topological polar surface area (TPSA) is 105 Å². The third-order valence-electron chi connectivity index (χ3n) is 3.41. The molecule has 0 radical (unpaired) electrons. The number of nitrogens with one attached hydrogen (secondary N) is 3. The molecule has 2 heterocycles. The molecule has 0 saturated carbocycles. The Hall–Kier alpha value is -3.20. The van der Waals surface area contributed by atoms with Crippen LogP contribution in [-0.2, 0) is 16.1 Å². The number of carbonyl (C=O) groups excluding carboxylic acids is 3. The van der Waals surface area contributed by atoms with E-state index >= 15 is 0 Å². The zero-order chi connectivity index (χ0) is 18.7. The smallest absolute Gasteiger partial charge is 0.251 e. The summed E-state index contributed by atoms with van der Waals surface area (Å²) in [5.41, 5.74) is 1.92. The van der Waals surface area contributed by atoms with Crippen LogP contribution in [0.15, 0.2) is 36.0 Å². The standard InChI is InChI=1S/C17H17N5O3S/c1-10(23)19-13-5-12(6-14(7-13)20-11(2)24)16(25)18-8-15-9-22-3-4-26-17(22)21-15/h3-7,9H,8H2,1-2H3,(H,18,25)(H,19,23)(H,20,24). The van der Waals surface area contributed by atoms with Crippen LogP contribution in [-0.4, -0.2) is 27.1 Å². The lowest BCUT2D eigenvalue weighted by atomic mass is 10.1. The number of hydrogen-bond donors (Lipinski definition) is 3. The molecule has 3 rings (SSSR count). The fourth-order valence-corrected chi connectivity index (χ4v) is 3.16. The highest BCUT2D eigenvalue weighted by atomic mass is 32.1. The molecule has 0 bridgehead atoms. The third-order valence-corrected chi connectivity index (χ3v) is 4.18. The number of anilines is 2. The maximum absolute atomic E-state index is 12.5. The summed E-state index contributed by atoms with van der Waals surface area (Å²) in [5, 5.41) is 9.96. The Balaban J connectivity index is 1.76. The van der Waals surface area contributed by atoms with Crippen LogP contribution in [0.25, 0.3) is 4.96 Å². The first kappa shape index (κ1) is 17.6. The average Bonchev–Trinajstić information content (AvgIpc) is 3.12. The summed E-state index contributed by atoms with van der Waals surface area (Å²) in [6.45, 7) is 3.01. The van der Waals surface area contributed by atoms with E-state index in [0.717, 1.165) is 10.7 Å². The SMILES string of the molecule is CC(=O)Nc1cc(NC(C)=O)cc(C(=O)NCc2cn3ccsc3n2)c1. The first-order valence-electron chi connectivity index (χ1n) is 7.80. The predicted molar refractivity (Wildman–Crippen MR) is 99.3 cm³/mol. The number of thiazole rings is 1. The van der Waals surface area contributed by atoms with Gasteiger partial charge < -0.3 is 16.0 Å². The Bertz CT molecular complexity index is 929. The minimum absolute atomic E-state index is 0.269. The van der Waals surface area contributed by atoms with E-state index < -0.39 is 0 Å². The lowest BCUT2D eigenvalue weighted by Gasteiger charge is -2.10. The van der Waals surface area contributed by atoms with Crippen molar-refractivity contribution < 1.29 is 14.4 Å². The van der Waals surface area contributed by atoms with Gasteiger partial charge in [0, 0.05) is 48.6 Å². The van der Waals surface area contributed by atoms with Crippen LogP contribution < -0.4 is 16.0 Å². The number of fused-ring (bicyclic) bond motifs is 1. The van der Waals surface area contributed by atoms with Crippen LogP contribution in [0, 0.1) is 0 Å². The number of amides is 3. The van der Waals surface area contributed by atoms with Crippen LogP contribution in [0.1, 0.15) is 29.9 Å². The Labute approximate surface area is 153 Å². The fourth-order valence-electron chi connectivity index (χ4n) is 2.44. The number of rotatable bonds is 5. The summed E-state index contributed by atoms with van der Waals surface area (Å²) < 4.78 is 1.89. The molecule has 0 fully saturated rings. The average molecular weight is 371 g/mol. The summed E-state index contributed by atoms with van der Waals surface area (Å²) in [4.78, 5) is 40.3. The van der Waals surface area contributed by atoms with Gasteiger partial charge in [0.1, 0.15) is 0 Å². The van der Waals surface area contributed by atoms with Crippen molar-refractivity contribution in [3.8, 4) is 0 Å². The molecule has 134 valence electrons. The number of aromatic nitrogens is 2. The zero-order valence-corrected chi connectivity index (χ0v) is 15.0. The molecule has 0 unspecified atom stereocenters. The maximum Gasteiger partial charge on any atom is 0.251 e. The number of carbonyl (C=O) groups is 3. The van der Waals surface area contributed by atoms with E-state index in [1.807, 2.05) is 22.2 Å². The van der Waals surface area contributed by atoms with E-state index in [2.05, 4.69) is 20.9 Å². The zero-order valence-electron chi connectivity index (χ0n) is 14.2. The Morgan fingerprint density at radius 1 is 1.08 bits per heavy atom. The van der Waals surface area contributed by atoms with Crippen LogP contribution in [0.3, 0.4) is 0 Å². The Morgan fingerprint density at radius 3 is 2.31 bits per heavy atom. The first-order chi connectivity index (χ1) is 12.4. The second-order valence-corrected chi connectivity index (χ2v) is 6.54. The fraction of sp³-hybridized carbons (Fsp3) is 0.176. The monoisotopic (exact) mass is 371 g/mol. The van der Waals surface area contributed by atoms with Gasteiger partial charge in [-0.3, -0.25) is 18.8 Å². The molecule has 26 heavy (non-hydrogen) atoms. The Kier molecular flexibility index (Phi) is 4.99. The van der Waals surface area contributed by atoms with E-state index in [-0.39, 0.29) is 24.3 Å². The molecule has 9 heteroatoms.